The number of hydrogen-bond donors (Lipinski definition) is 2. The highest BCUT2D eigenvalue weighted by molar-refractivity contribution is 7.26. The lowest BCUT2D eigenvalue weighted by Gasteiger charge is -2.32. The Bertz CT molecular complexity index is 1080. The molecule has 0 saturated carbocycles. The highest BCUT2D eigenvalue weighted by Gasteiger charge is 2.30. The van der Waals surface area contributed by atoms with E-state index < -0.39 is 5.72 Å². The van der Waals surface area contributed by atoms with Crippen molar-refractivity contribution in [1.29, 1.82) is 0 Å². The minimum absolute atomic E-state index is 0.704. The third-order valence-corrected chi connectivity index (χ3v) is 5.77. The Kier molecular flexibility index (Phi) is 4.15. The molecule has 0 bridgehead atoms. The second kappa shape index (κ2) is 6.48. The molecule has 0 spiro atoms. The smallest absolute Gasteiger partial charge is 0.200 e. The molecule has 0 amide bonds. The maximum atomic E-state index is 6.11. The second-order valence-electron chi connectivity index (χ2n) is 6.37. The summed E-state index contributed by atoms with van der Waals surface area (Å²) in [6.45, 7) is 10.0. The predicted octanol–water partition coefficient (Wildman–Crippen LogP) is 5.49. The van der Waals surface area contributed by atoms with Crippen LogP contribution in [0.2, 0.25) is 0 Å². The van der Waals surface area contributed by atoms with Crippen molar-refractivity contribution in [3.8, 4) is 0 Å². The highest BCUT2D eigenvalue weighted by Crippen LogP contribution is 2.39. The summed E-state index contributed by atoms with van der Waals surface area (Å²) in [5.41, 5.74) is 8.24. The van der Waals surface area contributed by atoms with Crippen LogP contribution in [0.3, 0.4) is 0 Å². The molecular formula is C22H20N2OS. The molecule has 1 unspecified atom stereocenters. The van der Waals surface area contributed by atoms with Gasteiger partial charge in [0.05, 0.1) is 6.26 Å². The van der Waals surface area contributed by atoms with Gasteiger partial charge in [-0.1, -0.05) is 61.7 Å². The molecule has 2 N–H and O–H groups in total. The fourth-order valence-electron chi connectivity index (χ4n) is 3.05. The third kappa shape index (κ3) is 2.83. The number of hydrogen-bond acceptors (Lipinski definition) is 4. The van der Waals surface area contributed by atoms with E-state index in [9.17, 15) is 0 Å². The zero-order valence-electron chi connectivity index (χ0n) is 14.6. The van der Waals surface area contributed by atoms with Gasteiger partial charge in [-0.25, -0.2) is 0 Å². The minimum atomic E-state index is -0.773. The Morgan fingerprint density at radius 1 is 1.00 bits per heavy atom. The third-order valence-electron chi connectivity index (χ3n) is 4.55. The molecule has 0 radical (unpaired) electrons. The first-order valence-corrected chi connectivity index (χ1v) is 9.23. The van der Waals surface area contributed by atoms with Gasteiger partial charge in [0.25, 0.3) is 0 Å². The zero-order chi connectivity index (χ0) is 18.1. The summed E-state index contributed by atoms with van der Waals surface area (Å²) in [4.78, 5) is 0. The molecule has 3 aromatic rings. The van der Waals surface area contributed by atoms with Crippen molar-refractivity contribution >= 4 is 31.5 Å². The van der Waals surface area contributed by atoms with E-state index in [2.05, 4.69) is 66.5 Å². The number of hydrazine groups is 1. The van der Waals surface area contributed by atoms with Crippen LogP contribution in [0.25, 0.3) is 20.2 Å². The fraction of sp³-hybridized carbons (Fsp3) is 0.0909. The van der Waals surface area contributed by atoms with Gasteiger partial charge in [-0.3, -0.25) is 0 Å². The quantitative estimate of drug-likeness (QED) is 0.602. The van der Waals surface area contributed by atoms with Crippen LogP contribution in [-0.2, 0) is 10.5 Å². The average molecular weight is 360 g/mol. The molecule has 1 aliphatic heterocycles. The summed E-state index contributed by atoms with van der Waals surface area (Å²) in [5, 5.41) is 2.50. The molecule has 3 nitrogen and oxygen atoms in total. The van der Waals surface area contributed by atoms with E-state index in [1.54, 1.807) is 17.6 Å². The van der Waals surface area contributed by atoms with Crippen LogP contribution >= 0.6 is 11.3 Å². The molecule has 0 fully saturated rings. The molecule has 0 saturated heterocycles. The second-order valence-corrected chi connectivity index (χ2v) is 7.43. The van der Waals surface area contributed by atoms with Gasteiger partial charge < -0.3 is 10.2 Å². The van der Waals surface area contributed by atoms with Crippen LogP contribution in [0.1, 0.15) is 12.5 Å². The van der Waals surface area contributed by atoms with Gasteiger partial charge in [0, 0.05) is 31.4 Å². The standard InChI is InChI=1S/C22H20N2OS/c1-15-9-6-7-14-25-22(3,24-23-16(15)2)19-12-8-11-18-17-10-4-5-13-20(17)26-21(18)19/h4-14,23-24H,1-2H2,3H3/b9-6-,14-7-. The molecule has 130 valence electrons. The van der Waals surface area contributed by atoms with Gasteiger partial charge >= 0.3 is 0 Å². The van der Waals surface area contributed by atoms with Gasteiger partial charge in [-0.05, 0) is 24.6 Å². The zero-order valence-corrected chi connectivity index (χ0v) is 15.4. The monoisotopic (exact) mass is 360 g/mol. The van der Waals surface area contributed by atoms with Crippen molar-refractivity contribution < 1.29 is 4.74 Å². The first kappa shape index (κ1) is 16.6. The van der Waals surface area contributed by atoms with Gasteiger partial charge in [0.2, 0.25) is 5.72 Å². The number of benzene rings is 2. The van der Waals surface area contributed by atoms with Crippen LogP contribution in [0, 0.1) is 0 Å². The summed E-state index contributed by atoms with van der Waals surface area (Å²) >= 11 is 1.78. The molecule has 1 atom stereocenters. The number of thiophene rings is 1. The molecule has 4 rings (SSSR count). The van der Waals surface area contributed by atoms with Crippen molar-refractivity contribution in [2.45, 2.75) is 12.6 Å². The van der Waals surface area contributed by atoms with Gasteiger partial charge in [0.15, 0.2) is 0 Å². The molecule has 2 heterocycles. The number of rotatable bonds is 1. The first-order chi connectivity index (χ1) is 12.6. The summed E-state index contributed by atoms with van der Waals surface area (Å²) < 4.78 is 8.58. The largest absolute Gasteiger partial charge is 0.475 e. The fourth-order valence-corrected chi connectivity index (χ4v) is 4.37. The summed E-state index contributed by atoms with van der Waals surface area (Å²) in [7, 11) is 0. The molecular weight excluding hydrogens is 340 g/mol. The van der Waals surface area contributed by atoms with Crippen LogP contribution in [0.5, 0.6) is 0 Å². The van der Waals surface area contributed by atoms with Crippen molar-refractivity contribution in [2.75, 3.05) is 0 Å². The number of fused-ring (bicyclic) bond motifs is 3. The van der Waals surface area contributed by atoms with Gasteiger partial charge in [0.1, 0.15) is 0 Å². The van der Waals surface area contributed by atoms with Crippen molar-refractivity contribution in [3.05, 3.63) is 96.9 Å². The van der Waals surface area contributed by atoms with Crippen LogP contribution in [0.15, 0.2) is 91.4 Å². The number of ether oxygens (including phenoxy) is 1. The summed E-state index contributed by atoms with van der Waals surface area (Å²) in [6, 6.07) is 14.8. The Hall–Kier alpha value is -2.82. The topological polar surface area (TPSA) is 33.3 Å². The Labute approximate surface area is 157 Å². The summed E-state index contributed by atoms with van der Waals surface area (Å²) in [6.07, 6.45) is 7.32. The van der Waals surface area contributed by atoms with E-state index >= 15 is 0 Å². The van der Waals surface area contributed by atoms with Crippen molar-refractivity contribution in [3.63, 3.8) is 0 Å². The average Bonchev–Trinajstić information content (AvgIpc) is 3.04. The lowest BCUT2D eigenvalue weighted by Crippen LogP contribution is -2.48. The molecule has 0 aliphatic carbocycles. The molecule has 1 aliphatic rings. The van der Waals surface area contributed by atoms with Gasteiger partial charge in [-0.15, -0.1) is 11.3 Å². The first-order valence-electron chi connectivity index (χ1n) is 8.42. The lowest BCUT2D eigenvalue weighted by molar-refractivity contribution is -0.00644. The summed E-state index contributed by atoms with van der Waals surface area (Å²) in [5.74, 6) is 0. The highest BCUT2D eigenvalue weighted by atomic mass is 32.1. The molecule has 26 heavy (non-hydrogen) atoms. The van der Waals surface area contributed by atoms with E-state index in [-0.39, 0.29) is 0 Å². The van der Waals surface area contributed by atoms with Crippen molar-refractivity contribution in [1.82, 2.24) is 10.9 Å². The van der Waals surface area contributed by atoms with Crippen LogP contribution < -0.4 is 10.9 Å². The van der Waals surface area contributed by atoms with E-state index in [0.29, 0.717) is 5.70 Å². The molecule has 2 aromatic carbocycles. The SMILES string of the molecule is C=C1/C=C\C=C/OC(C)(c2cccc3c2sc2ccccc23)NNC1=C. The van der Waals surface area contributed by atoms with E-state index in [1.807, 2.05) is 25.2 Å². The maximum Gasteiger partial charge on any atom is 0.200 e. The molecule has 4 heteroatoms. The normalized spacial score (nSPS) is 23.4. The van der Waals surface area contributed by atoms with Gasteiger partial charge in [-0.2, -0.15) is 5.43 Å². The Morgan fingerprint density at radius 3 is 2.69 bits per heavy atom. The predicted molar refractivity (Wildman–Crippen MR) is 111 cm³/mol. The molecule has 1 aromatic heterocycles. The van der Waals surface area contributed by atoms with E-state index in [1.165, 1.54) is 20.2 Å². The van der Waals surface area contributed by atoms with Crippen LogP contribution in [-0.4, -0.2) is 0 Å². The minimum Gasteiger partial charge on any atom is -0.475 e. The van der Waals surface area contributed by atoms with Crippen molar-refractivity contribution in [2.24, 2.45) is 0 Å². The Balaban J connectivity index is 1.86. The van der Waals surface area contributed by atoms with E-state index in [0.717, 1.165) is 11.1 Å². The number of nitrogens with one attached hydrogen (secondary N) is 2. The maximum absolute atomic E-state index is 6.11. The van der Waals surface area contributed by atoms with Crippen LogP contribution in [0.4, 0.5) is 0 Å². The Morgan fingerprint density at radius 2 is 1.81 bits per heavy atom. The lowest BCUT2D eigenvalue weighted by atomic mass is 10.0. The van der Waals surface area contributed by atoms with E-state index in [4.69, 9.17) is 4.74 Å². The number of allylic oxidation sites excluding steroid dienone is 3.